The number of hydrogen-bond donors (Lipinski definition) is 1. The maximum Gasteiger partial charge on any atom is 0.411 e. The van der Waals surface area contributed by atoms with Crippen molar-refractivity contribution in [1.82, 2.24) is 5.32 Å². The van der Waals surface area contributed by atoms with Crippen LogP contribution in [0, 0.1) is 0 Å². The number of alkyl halides is 3. The van der Waals surface area contributed by atoms with Crippen LogP contribution in [0.5, 0.6) is 11.5 Å². The van der Waals surface area contributed by atoms with Crippen molar-refractivity contribution in [2.45, 2.75) is 19.0 Å². The first kappa shape index (κ1) is 19.1. The van der Waals surface area contributed by atoms with Gasteiger partial charge in [-0.3, -0.25) is 4.79 Å². The lowest BCUT2D eigenvalue weighted by molar-refractivity contribution is -0.174. The SMILES string of the molecule is COc1ccc(OC)c(CC(=O)NCCCOCC(F)(F)F)c1. The zero-order valence-corrected chi connectivity index (χ0v) is 13.0. The zero-order chi connectivity index (χ0) is 17.3. The summed E-state index contributed by atoms with van der Waals surface area (Å²) in [6.45, 7) is -1.10. The third-order valence-corrected chi connectivity index (χ3v) is 2.89. The van der Waals surface area contributed by atoms with E-state index in [9.17, 15) is 18.0 Å². The maximum absolute atomic E-state index is 11.9. The molecule has 0 radical (unpaired) electrons. The number of ether oxygens (including phenoxy) is 3. The van der Waals surface area contributed by atoms with Crippen LogP contribution in [-0.4, -0.2) is 46.1 Å². The number of amides is 1. The summed E-state index contributed by atoms with van der Waals surface area (Å²) in [5.74, 6) is 0.913. The molecule has 0 saturated heterocycles. The van der Waals surface area contributed by atoms with Crippen molar-refractivity contribution in [3.05, 3.63) is 23.8 Å². The van der Waals surface area contributed by atoms with Crippen molar-refractivity contribution in [2.24, 2.45) is 0 Å². The Morgan fingerprint density at radius 2 is 1.96 bits per heavy atom. The van der Waals surface area contributed by atoms with Crippen molar-refractivity contribution in [1.29, 1.82) is 0 Å². The van der Waals surface area contributed by atoms with E-state index in [1.807, 2.05) is 0 Å². The second-order valence-electron chi connectivity index (χ2n) is 4.73. The van der Waals surface area contributed by atoms with E-state index in [2.05, 4.69) is 10.1 Å². The average Bonchev–Trinajstić information content (AvgIpc) is 2.49. The van der Waals surface area contributed by atoms with Crippen LogP contribution in [0.2, 0.25) is 0 Å². The summed E-state index contributed by atoms with van der Waals surface area (Å²) in [7, 11) is 3.02. The third-order valence-electron chi connectivity index (χ3n) is 2.89. The topological polar surface area (TPSA) is 56.8 Å². The van der Waals surface area contributed by atoms with Crippen LogP contribution in [-0.2, 0) is 16.0 Å². The number of carbonyl (C=O) groups is 1. The Hall–Kier alpha value is -1.96. The van der Waals surface area contributed by atoms with E-state index < -0.39 is 12.8 Å². The van der Waals surface area contributed by atoms with E-state index in [1.54, 1.807) is 18.2 Å². The summed E-state index contributed by atoms with van der Waals surface area (Å²) >= 11 is 0. The lowest BCUT2D eigenvalue weighted by atomic mass is 10.1. The van der Waals surface area contributed by atoms with Crippen LogP contribution in [0.1, 0.15) is 12.0 Å². The Labute approximate surface area is 132 Å². The molecule has 0 atom stereocenters. The molecule has 0 aromatic heterocycles. The first-order valence-electron chi connectivity index (χ1n) is 6.98. The Bertz CT molecular complexity index is 506. The quantitative estimate of drug-likeness (QED) is 0.704. The Kier molecular flexibility index (Phi) is 7.67. The molecule has 0 spiro atoms. The van der Waals surface area contributed by atoms with Gasteiger partial charge in [0.1, 0.15) is 18.1 Å². The van der Waals surface area contributed by atoms with Crippen molar-refractivity contribution in [2.75, 3.05) is 34.0 Å². The van der Waals surface area contributed by atoms with Gasteiger partial charge in [0.25, 0.3) is 0 Å². The highest BCUT2D eigenvalue weighted by atomic mass is 19.4. The first-order valence-corrected chi connectivity index (χ1v) is 6.98. The van der Waals surface area contributed by atoms with Crippen LogP contribution in [0.25, 0.3) is 0 Å². The lowest BCUT2D eigenvalue weighted by Gasteiger charge is -2.11. The highest BCUT2D eigenvalue weighted by molar-refractivity contribution is 5.79. The third kappa shape index (κ3) is 7.73. The van der Waals surface area contributed by atoms with E-state index in [4.69, 9.17) is 9.47 Å². The van der Waals surface area contributed by atoms with E-state index in [-0.39, 0.29) is 25.5 Å². The summed E-state index contributed by atoms with van der Waals surface area (Å²) in [4.78, 5) is 11.8. The second kappa shape index (κ2) is 9.24. The molecule has 0 bridgehead atoms. The van der Waals surface area contributed by atoms with E-state index in [1.165, 1.54) is 14.2 Å². The summed E-state index contributed by atoms with van der Waals surface area (Å²) in [5.41, 5.74) is 0.665. The van der Waals surface area contributed by atoms with Gasteiger partial charge in [0.2, 0.25) is 5.91 Å². The number of halogens is 3. The van der Waals surface area contributed by atoms with Crippen molar-refractivity contribution < 1.29 is 32.2 Å². The van der Waals surface area contributed by atoms with Crippen LogP contribution >= 0.6 is 0 Å². The fraction of sp³-hybridized carbons (Fsp3) is 0.533. The van der Waals surface area contributed by atoms with Gasteiger partial charge in [0.05, 0.1) is 20.6 Å². The summed E-state index contributed by atoms with van der Waals surface area (Å²) in [6, 6.07) is 5.12. The number of hydrogen-bond acceptors (Lipinski definition) is 4. The molecule has 130 valence electrons. The average molecular weight is 335 g/mol. The van der Waals surface area contributed by atoms with Gasteiger partial charge in [-0.15, -0.1) is 0 Å². The normalized spacial score (nSPS) is 11.2. The monoisotopic (exact) mass is 335 g/mol. The van der Waals surface area contributed by atoms with Crippen molar-refractivity contribution >= 4 is 5.91 Å². The zero-order valence-electron chi connectivity index (χ0n) is 13.0. The molecule has 0 saturated carbocycles. The van der Waals surface area contributed by atoms with Crippen LogP contribution in [0.3, 0.4) is 0 Å². The molecular weight excluding hydrogens is 315 g/mol. The van der Waals surface area contributed by atoms with E-state index >= 15 is 0 Å². The van der Waals surface area contributed by atoms with Gasteiger partial charge in [0.15, 0.2) is 0 Å². The van der Waals surface area contributed by atoms with Crippen LogP contribution in [0.4, 0.5) is 13.2 Å². The molecular formula is C15H20F3NO4. The van der Waals surface area contributed by atoms with Gasteiger partial charge in [-0.1, -0.05) is 0 Å². The van der Waals surface area contributed by atoms with Gasteiger partial charge in [-0.05, 0) is 24.6 Å². The number of carbonyl (C=O) groups excluding carboxylic acids is 1. The highest BCUT2D eigenvalue weighted by Gasteiger charge is 2.27. The minimum atomic E-state index is -4.33. The molecule has 1 aromatic carbocycles. The number of nitrogens with one attached hydrogen (secondary N) is 1. The lowest BCUT2D eigenvalue weighted by Crippen LogP contribution is -2.27. The van der Waals surface area contributed by atoms with E-state index in [0.29, 0.717) is 23.5 Å². The Morgan fingerprint density at radius 1 is 1.22 bits per heavy atom. The van der Waals surface area contributed by atoms with Gasteiger partial charge < -0.3 is 19.5 Å². The molecule has 0 unspecified atom stereocenters. The molecule has 0 heterocycles. The molecule has 23 heavy (non-hydrogen) atoms. The fourth-order valence-electron chi connectivity index (χ4n) is 1.85. The molecule has 1 amide bonds. The molecule has 0 aliphatic carbocycles. The van der Waals surface area contributed by atoms with Gasteiger partial charge in [-0.25, -0.2) is 0 Å². The number of benzene rings is 1. The molecule has 8 heteroatoms. The number of rotatable bonds is 9. The second-order valence-corrected chi connectivity index (χ2v) is 4.73. The summed E-state index contributed by atoms with van der Waals surface area (Å²) in [6.07, 6.45) is -3.94. The first-order chi connectivity index (χ1) is 10.9. The van der Waals surface area contributed by atoms with Crippen LogP contribution in [0.15, 0.2) is 18.2 Å². The number of methoxy groups -OCH3 is 2. The summed E-state index contributed by atoms with van der Waals surface area (Å²) in [5, 5.41) is 2.62. The molecule has 0 aliphatic heterocycles. The van der Waals surface area contributed by atoms with Crippen molar-refractivity contribution in [3.8, 4) is 11.5 Å². The van der Waals surface area contributed by atoms with Gasteiger partial charge in [0, 0.05) is 18.7 Å². The molecule has 1 aromatic rings. The smallest absolute Gasteiger partial charge is 0.411 e. The largest absolute Gasteiger partial charge is 0.497 e. The molecule has 0 aliphatic rings. The predicted molar refractivity (Wildman–Crippen MR) is 77.8 cm³/mol. The minimum Gasteiger partial charge on any atom is -0.497 e. The molecule has 5 nitrogen and oxygen atoms in total. The van der Waals surface area contributed by atoms with Gasteiger partial charge in [-0.2, -0.15) is 13.2 Å². The Balaban J connectivity index is 2.34. The highest BCUT2D eigenvalue weighted by Crippen LogP contribution is 2.24. The maximum atomic E-state index is 11.9. The Morgan fingerprint density at radius 3 is 2.57 bits per heavy atom. The summed E-state index contributed by atoms with van der Waals surface area (Å²) < 4.78 is 50.3. The molecule has 1 N–H and O–H groups in total. The predicted octanol–water partition coefficient (Wildman–Crippen LogP) is 2.33. The molecule has 0 fully saturated rings. The van der Waals surface area contributed by atoms with Crippen molar-refractivity contribution in [3.63, 3.8) is 0 Å². The molecule has 1 rings (SSSR count). The minimum absolute atomic E-state index is 0.0672. The van der Waals surface area contributed by atoms with Crippen LogP contribution < -0.4 is 14.8 Å². The van der Waals surface area contributed by atoms with Gasteiger partial charge >= 0.3 is 6.18 Å². The van der Waals surface area contributed by atoms with E-state index in [0.717, 1.165) is 0 Å². The standard InChI is InChI=1S/C15H20F3NO4/c1-21-12-4-5-13(22-2)11(8-12)9-14(20)19-6-3-7-23-10-15(16,17)18/h4-5,8H,3,6-7,9-10H2,1-2H3,(H,19,20). The fourth-order valence-corrected chi connectivity index (χ4v) is 1.85.